The molecule has 1 aliphatic rings. The first-order valence-electron chi connectivity index (χ1n) is 7.74. The molecule has 0 fully saturated rings. The fourth-order valence-electron chi connectivity index (χ4n) is 2.88. The Balaban J connectivity index is 1.93. The first-order chi connectivity index (χ1) is 11.7. The second-order valence-electron chi connectivity index (χ2n) is 6.05. The van der Waals surface area contributed by atoms with Gasteiger partial charge in [0.25, 0.3) is 0 Å². The maximum atomic E-state index is 12.0. The lowest BCUT2D eigenvalue weighted by Gasteiger charge is -2.19. The van der Waals surface area contributed by atoms with E-state index in [-0.39, 0.29) is 11.9 Å². The van der Waals surface area contributed by atoms with Crippen LogP contribution in [0, 0.1) is 6.92 Å². The summed E-state index contributed by atoms with van der Waals surface area (Å²) in [5.41, 5.74) is 3.19. The van der Waals surface area contributed by atoms with Crippen molar-refractivity contribution in [3.05, 3.63) is 51.7 Å². The largest absolute Gasteiger partial charge is 0.284 e. The zero-order chi connectivity index (χ0) is 18.2. The van der Waals surface area contributed by atoms with E-state index in [0.29, 0.717) is 12.1 Å². The number of sulfonamides is 1. The molecule has 132 valence electrons. The molecule has 0 bridgehead atoms. The minimum atomic E-state index is -3.35. The van der Waals surface area contributed by atoms with Gasteiger partial charge in [-0.15, -0.1) is 11.3 Å². The zero-order valence-corrected chi connectivity index (χ0v) is 15.8. The molecule has 2 heterocycles. The second kappa shape index (κ2) is 6.61. The molecule has 1 amide bonds. The minimum absolute atomic E-state index is 0.112. The van der Waals surface area contributed by atoms with E-state index in [0.717, 1.165) is 28.0 Å². The summed E-state index contributed by atoms with van der Waals surface area (Å²) in [4.78, 5) is 13.2. The number of nitrogens with one attached hydrogen (secondary N) is 1. The molecule has 25 heavy (non-hydrogen) atoms. The quantitative estimate of drug-likeness (QED) is 0.889. The Hall–Kier alpha value is -2.19. The summed E-state index contributed by atoms with van der Waals surface area (Å²) in [5, 5.41) is 8.03. The van der Waals surface area contributed by atoms with Gasteiger partial charge in [-0.1, -0.05) is 12.1 Å². The summed E-state index contributed by atoms with van der Waals surface area (Å²) >= 11 is 1.62. The Morgan fingerprint density at radius 1 is 1.36 bits per heavy atom. The number of amides is 1. The zero-order valence-electron chi connectivity index (χ0n) is 14.2. The van der Waals surface area contributed by atoms with Crippen LogP contribution in [0.2, 0.25) is 0 Å². The first-order valence-corrected chi connectivity index (χ1v) is 10.5. The van der Waals surface area contributed by atoms with E-state index in [2.05, 4.69) is 9.82 Å². The third-order valence-electron chi connectivity index (χ3n) is 3.94. The van der Waals surface area contributed by atoms with Crippen LogP contribution >= 0.6 is 11.3 Å². The van der Waals surface area contributed by atoms with Crippen molar-refractivity contribution in [2.45, 2.75) is 26.3 Å². The van der Waals surface area contributed by atoms with E-state index in [4.69, 9.17) is 0 Å². The van der Waals surface area contributed by atoms with E-state index in [9.17, 15) is 13.2 Å². The van der Waals surface area contributed by atoms with Gasteiger partial charge in [0, 0.05) is 23.9 Å². The average molecular weight is 377 g/mol. The number of hydrogen-bond donors (Lipinski definition) is 1. The molecule has 0 saturated heterocycles. The SMILES string of the molecule is CC(=O)N1N=C(c2cccc(NS(C)(=O)=O)c2)CC1c1sccc1C. The molecule has 0 radical (unpaired) electrons. The Labute approximate surface area is 151 Å². The lowest BCUT2D eigenvalue weighted by molar-refractivity contribution is -0.130. The Morgan fingerprint density at radius 3 is 2.72 bits per heavy atom. The van der Waals surface area contributed by atoms with Gasteiger partial charge >= 0.3 is 0 Å². The van der Waals surface area contributed by atoms with Crippen LogP contribution < -0.4 is 4.72 Å². The summed E-state index contributed by atoms with van der Waals surface area (Å²) in [6.07, 6.45) is 1.71. The normalized spacial score (nSPS) is 17.5. The molecule has 1 aliphatic heterocycles. The first kappa shape index (κ1) is 17.6. The number of carbonyl (C=O) groups is 1. The number of benzene rings is 1. The molecule has 0 spiro atoms. The second-order valence-corrected chi connectivity index (χ2v) is 8.75. The highest BCUT2D eigenvalue weighted by atomic mass is 32.2. The van der Waals surface area contributed by atoms with E-state index in [1.165, 1.54) is 11.9 Å². The highest BCUT2D eigenvalue weighted by Crippen LogP contribution is 2.37. The summed E-state index contributed by atoms with van der Waals surface area (Å²) in [7, 11) is -3.35. The van der Waals surface area contributed by atoms with Crippen molar-refractivity contribution < 1.29 is 13.2 Å². The molecule has 1 aromatic heterocycles. The highest BCUT2D eigenvalue weighted by molar-refractivity contribution is 7.92. The molecular formula is C17H19N3O3S2. The number of hydrazone groups is 1. The van der Waals surface area contributed by atoms with Crippen molar-refractivity contribution >= 4 is 38.7 Å². The Bertz CT molecular complexity index is 948. The summed E-state index contributed by atoms with van der Waals surface area (Å²) in [5.74, 6) is -0.113. The van der Waals surface area contributed by atoms with Crippen molar-refractivity contribution in [1.29, 1.82) is 0 Å². The number of carbonyl (C=O) groups excluding carboxylic acids is 1. The molecular weight excluding hydrogens is 358 g/mol. The van der Waals surface area contributed by atoms with E-state index in [1.807, 2.05) is 24.4 Å². The number of thiophene rings is 1. The third-order valence-corrected chi connectivity index (χ3v) is 5.66. The maximum absolute atomic E-state index is 12.0. The van der Waals surface area contributed by atoms with Gasteiger partial charge in [0.05, 0.1) is 18.0 Å². The predicted octanol–water partition coefficient (Wildman–Crippen LogP) is 3.13. The van der Waals surface area contributed by atoms with Crippen LogP contribution in [0.4, 0.5) is 5.69 Å². The molecule has 0 saturated carbocycles. The monoisotopic (exact) mass is 377 g/mol. The molecule has 8 heteroatoms. The summed E-state index contributed by atoms with van der Waals surface area (Å²) in [6, 6.07) is 8.99. The van der Waals surface area contributed by atoms with Crippen molar-refractivity contribution in [2.75, 3.05) is 11.0 Å². The fraction of sp³-hybridized carbons (Fsp3) is 0.294. The van der Waals surface area contributed by atoms with Crippen LogP contribution in [-0.4, -0.2) is 31.3 Å². The number of anilines is 1. The minimum Gasteiger partial charge on any atom is -0.284 e. The molecule has 1 unspecified atom stereocenters. The van der Waals surface area contributed by atoms with Crippen molar-refractivity contribution in [3.63, 3.8) is 0 Å². The molecule has 3 rings (SSSR count). The van der Waals surface area contributed by atoms with E-state index >= 15 is 0 Å². The van der Waals surface area contributed by atoms with Crippen LogP contribution in [-0.2, 0) is 14.8 Å². The number of nitrogens with zero attached hydrogens (tertiary/aromatic N) is 2. The molecule has 1 atom stereocenters. The standard InChI is InChI=1S/C17H19N3O3S2/c1-11-7-8-24-17(11)16-10-15(18-20(16)12(2)21)13-5-4-6-14(9-13)19-25(3,22)23/h4-9,16,19H,10H2,1-3H3. The van der Waals surface area contributed by atoms with Gasteiger partial charge in [0.15, 0.2) is 0 Å². The van der Waals surface area contributed by atoms with Gasteiger partial charge in [0.2, 0.25) is 15.9 Å². The Morgan fingerprint density at radius 2 is 2.12 bits per heavy atom. The average Bonchev–Trinajstić information content (AvgIpc) is 3.11. The lowest BCUT2D eigenvalue weighted by Crippen LogP contribution is -2.24. The van der Waals surface area contributed by atoms with Gasteiger partial charge in [-0.05, 0) is 41.6 Å². The number of aryl methyl sites for hydroxylation is 1. The van der Waals surface area contributed by atoms with Gasteiger partial charge in [-0.2, -0.15) is 5.10 Å². The van der Waals surface area contributed by atoms with Gasteiger partial charge in [0.1, 0.15) is 0 Å². The van der Waals surface area contributed by atoms with Crippen LogP contribution in [0.15, 0.2) is 40.8 Å². The third kappa shape index (κ3) is 3.91. The maximum Gasteiger partial charge on any atom is 0.240 e. The highest BCUT2D eigenvalue weighted by Gasteiger charge is 2.33. The fourth-order valence-corrected chi connectivity index (χ4v) is 4.45. The van der Waals surface area contributed by atoms with E-state index in [1.54, 1.807) is 29.5 Å². The predicted molar refractivity (Wildman–Crippen MR) is 100 cm³/mol. The van der Waals surface area contributed by atoms with Crippen molar-refractivity contribution in [2.24, 2.45) is 5.10 Å². The molecule has 6 nitrogen and oxygen atoms in total. The summed E-state index contributed by atoms with van der Waals surface area (Å²) < 4.78 is 25.3. The smallest absolute Gasteiger partial charge is 0.240 e. The van der Waals surface area contributed by atoms with E-state index < -0.39 is 10.0 Å². The van der Waals surface area contributed by atoms with Gasteiger partial charge < -0.3 is 0 Å². The summed E-state index contributed by atoms with van der Waals surface area (Å²) in [6.45, 7) is 3.53. The topological polar surface area (TPSA) is 78.8 Å². The van der Waals surface area contributed by atoms with Crippen LogP contribution in [0.25, 0.3) is 0 Å². The van der Waals surface area contributed by atoms with Crippen LogP contribution in [0.5, 0.6) is 0 Å². The molecule has 0 aliphatic carbocycles. The van der Waals surface area contributed by atoms with Crippen LogP contribution in [0.3, 0.4) is 0 Å². The van der Waals surface area contributed by atoms with Crippen molar-refractivity contribution in [1.82, 2.24) is 5.01 Å². The number of rotatable bonds is 4. The van der Waals surface area contributed by atoms with Gasteiger partial charge in [-0.3, -0.25) is 9.52 Å². The molecule has 1 N–H and O–H groups in total. The molecule has 2 aromatic rings. The Kier molecular flexibility index (Phi) is 4.66. The van der Waals surface area contributed by atoms with Gasteiger partial charge in [-0.25, -0.2) is 13.4 Å². The van der Waals surface area contributed by atoms with Crippen LogP contribution in [0.1, 0.15) is 35.4 Å². The number of hydrogen-bond acceptors (Lipinski definition) is 5. The lowest BCUT2D eigenvalue weighted by atomic mass is 10.0. The molecule has 1 aromatic carbocycles. The van der Waals surface area contributed by atoms with Crippen molar-refractivity contribution in [3.8, 4) is 0 Å².